The summed E-state index contributed by atoms with van der Waals surface area (Å²) in [5.74, 6) is -0.864. The van der Waals surface area contributed by atoms with Crippen molar-refractivity contribution in [2.45, 2.75) is 51.6 Å². The Labute approximate surface area is 202 Å². The normalized spacial score (nSPS) is 21.4. The van der Waals surface area contributed by atoms with Crippen molar-refractivity contribution >= 4 is 11.7 Å². The Bertz CT molecular complexity index is 1040. The molecule has 6 heteroatoms. The fourth-order valence-electron chi connectivity index (χ4n) is 6.05. The van der Waals surface area contributed by atoms with Gasteiger partial charge in [-0.15, -0.1) is 0 Å². The van der Waals surface area contributed by atoms with Crippen LogP contribution in [0.1, 0.15) is 59.3 Å². The van der Waals surface area contributed by atoms with Crippen molar-refractivity contribution in [3.05, 3.63) is 52.6 Å². The average molecular weight is 465 g/mol. The molecule has 0 bridgehead atoms. The molecule has 3 aliphatic rings. The number of carboxylic acid groups (broad SMARTS) is 1. The first-order chi connectivity index (χ1) is 16.6. The zero-order valence-electron chi connectivity index (χ0n) is 20.4. The van der Waals surface area contributed by atoms with E-state index in [1.165, 1.54) is 11.1 Å². The van der Waals surface area contributed by atoms with E-state index in [1.807, 2.05) is 13.0 Å². The lowest BCUT2D eigenvalue weighted by Crippen LogP contribution is -2.40. The van der Waals surface area contributed by atoms with E-state index in [-0.39, 0.29) is 0 Å². The molecule has 2 saturated heterocycles. The highest BCUT2D eigenvalue weighted by molar-refractivity contribution is 5.94. The predicted octanol–water partition coefficient (Wildman–Crippen LogP) is 4.69. The van der Waals surface area contributed by atoms with Crippen molar-refractivity contribution in [1.29, 1.82) is 0 Å². The lowest BCUT2D eigenvalue weighted by atomic mass is 9.94. The second-order valence-electron chi connectivity index (χ2n) is 9.72. The van der Waals surface area contributed by atoms with Gasteiger partial charge in [-0.25, -0.2) is 4.79 Å². The minimum Gasteiger partial charge on any atom is -0.478 e. The molecule has 2 aromatic carbocycles. The summed E-state index contributed by atoms with van der Waals surface area (Å²) >= 11 is 0. The highest BCUT2D eigenvalue weighted by atomic mass is 16.5. The molecular formula is C28H36N2O4. The van der Waals surface area contributed by atoms with Crippen LogP contribution in [0.4, 0.5) is 5.69 Å². The van der Waals surface area contributed by atoms with E-state index >= 15 is 0 Å². The molecule has 0 aromatic heterocycles. The van der Waals surface area contributed by atoms with E-state index in [1.54, 1.807) is 0 Å². The van der Waals surface area contributed by atoms with Gasteiger partial charge in [0.25, 0.3) is 0 Å². The maximum Gasteiger partial charge on any atom is 0.336 e. The van der Waals surface area contributed by atoms with Crippen molar-refractivity contribution in [2.24, 2.45) is 0 Å². The number of rotatable bonds is 6. The maximum absolute atomic E-state index is 12.2. The predicted molar refractivity (Wildman–Crippen MR) is 134 cm³/mol. The smallest absolute Gasteiger partial charge is 0.336 e. The fraction of sp³-hybridized carbons (Fsp3) is 0.536. The maximum atomic E-state index is 12.2. The summed E-state index contributed by atoms with van der Waals surface area (Å²) in [5.41, 5.74) is 7.19. The SMILES string of the molecule is CCN(c1cc(-c2ccc3c(c2)CCC3N2CCOCC2)cc(C(=O)O)c1C)C1CCOCC1. The van der Waals surface area contributed by atoms with Gasteiger partial charge in [0.05, 0.1) is 18.8 Å². The van der Waals surface area contributed by atoms with E-state index in [2.05, 4.69) is 41.0 Å². The van der Waals surface area contributed by atoms with Gasteiger partial charge in [-0.1, -0.05) is 18.2 Å². The lowest BCUT2D eigenvalue weighted by molar-refractivity contribution is 0.0164. The third-order valence-corrected chi connectivity index (χ3v) is 7.90. The van der Waals surface area contributed by atoms with Crippen LogP contribution in [-0.2, 0) is 15.9 Å². The number of nitrogens with zero attached hydrogens (tertiary/aromatic N) is 2. The van der Waals surface area contributed by atoms with Crippen molar-refractivity contribution in [3.63, 3.8) is 0 Å². The van der Waals surface area contributed by atoms with Gasteiger partial charge in [-0.05, 0) is 79.5 Å². The first-order valence-corrected chi connectivity index (χ1v) is 12.7. The quantitative estimate of drug-likeness (QED) is 0.670. The first kappa shape index (κ1) is 23.3. The lowest BCUT2D eigenvalue weighted by Gasteiger charge is -2.36. The number of fused-ring (bicyclic) bond motifs is 1. The number of morpholine rings is 1. The van der Waals surface area contributed by atoms with Crippen LogP contribution >= 0.6 is 0 Å². The summed E-state index contributed by atoms with van der Waals surface area (Å²) < 4.78 is 11.1. The number of carbonyl (C=O) groups is 1. The molecule has 6 nitrogen and oxygen atoms in total. The molecule has 0 amide bonds. The molecule has 0 radical (unpaired) electrons. The van der Waals surface area contributed by atoms with Crippen LogP contribution in [0.2, 0.25) is 0 Å². The van der Waals surface area contributed by atoms with Crippen molar-refractivity contribution in [3.8, 4) is 11.1 Å². The number of anilines is 1. The van der Waals surface area contributed by atoms with E-state index in [9.17, 15) is 9.90 Å². The molecule has 2 heterocycles. The summed E-state index contributed by atoms with van der Waals surface area (Å²) in [6, 6.07) is 11.7. The topological polar surface area (TPSA) is 62.2 Å². The largest absolute Gasteiger partial charge is 0.478 e. The van der Waals surface area contributed by atoms with E-state index in [4.69, 9.17) is 9.47 Å². The van der Waals surface area contributed by atoms with Crippen LogP contribution in [0.5, 0.6) is 0 Å². The number of benzene rings is 2. The zero-order chi connectivity index (χ0) is 23.7. The van der Waals surface area contributed by atoms with Crippen LogP contribution < -0.4 is 4.90 Å². The molecule has 2 fully saturated rings. The first-order valence-electron chi connectivity index (χ1n) is 12.7. The molecule has 1 N–H and O–H groups in total. The second-order valence-corrected chi connectivity index (χ2v) is 9.72. The third-order valence-electron chi connectivity index (χ3n) is 7.90. The molecule has 2 aromatic rings. The van der Waals surface area contributed by atoms with Crippen LogP contribution in [0.3, 0.4) is 0 Å². The fourth-order valence-corrected chi connectivity index (χ4v) is 6.05. The number of ether oxygens (including phenoxy) is 2. The van der Waals surface area contributed by atoms with Crippen LogP contribution in [-0.4, -0.2) is 68.1 Å². The Kier molecular flexibility index (Phi) is 6.91. The summed E-state index contributed by atoms with van der Waals surface area (Å²) in [7, 11) is 0. The van der Waals surface area contributed by atoms with Crippen LogP contribution in [0.15, 0.2) is 30.3 Å². The monoisotopic (exact) mass is 464 g/mol. The summed E-state index contributed by atoms with van der Waals surface area (Å²) in [6.45, 7) is 10.1. The van der Waals surface area contributed by atoms with Gasteiger partial charge in [-0.3, -0.25) is 4.90 Å². The van der Waals surface area contributed by atoms with Crippen molar-refractivity contribution in [1.82, 2.24) is 4.90 Å². The molecule has 34 heavy (non-hydrogen) atoms. The van der Waals surface area contributed by atoms with Gasteiger partial charge < -0.3 is 19.5 Å². The molecule has 1 unspecified atom stereocenters. The molecule has 0 saturated carbocycles. The van der Waals surface area contributed by atoms with Gasteiger partial charge in [-0.2, -0.15) is 0 Å². The Morgan fingerprint density at radius 1 is 1.03 bits per heavy atom. The van der Waals surface area contributed by atoms with Crippen LogP contribution in [0.25, 0.3) is 11.1 Å². The number of aryl methyl sites for hydroxylation is 1. The van der Waals surface area contributed by atoms with Gasteiger partial charge in [0.15, 0.2) is 0 Å². The molecule has 1 aliphatic carbocycles. The van der Waals surface area contributed by atoms with Crippen LogP contribution in [0, 0.1) is 6.92 Å². The Hall–Kier alpha value is -2.41. The summed E-state index contributed by atoms with van der Waals surface area (Å²) in [4.78, 5) is 17.1. The molecule has 5 rings (SSSR count). The number of hydrogen-bond acceptors (Lipinski definition) is 5. The molecule has 182 valence electrons. The molecular weight excluding hydrogens is 428 g/mol. The molecule has 1 atom stereocenters. The number of hydrogen-bond donors (Lipinski definition) is 1. The minimum absolute atomic E-state index is 0.378. The Morgan fingerprint density at radius 3 is 2.47 bits per heavy atom. The number of aromatic carboxylic acids is 1. The van der Waals surface area contributed by atoms with E-state index in [0.29, 0.717) is 17.6 Å². The van der Waals surface area contributed by atoms with Gasteiger partial charge >= 0.3 is 5.97 Å². The Morgan fingerprint density at radius 2 is 1.76 bits per heavy atom. The molecule has 2 aliphatic heterocycles. The minimum atomic E-state index is -0.864. The highest BCUT2D eigenvalue weighted by Crippen LogP contribution is 2.40. The Balaban J connectivity index is 1.50. The summed E-state index contributed by atoms with van der Waals surface area (Å²) in [6.07, 6.45) is 4.16. The van der Waals surface area contributed by atoms with E-state index < -0.39 is 5.97 Å². The van der Waals surface area contributed by atoms with Gasteiger partial charge in [0.1, 0.15) is 0 Å². The van der Waals surface area contributed by atoms with Gasteiger partial charge in [0.2, 0.25) is 0 Å². The number of carboxylic acids is 1. The standard InChI is InChI=1S/C28H36N2O4/c1-3-30(23-8-12-33-13-9-23)27-18-22(17-25(19(27)2)28(31)32)20-4-6-24-21(16-20)5-7-26(24)29-10-14-34-15-11-29/h4,6,16-18,23,26H,3,5,7-15H2,1-2H3,(H,31,32). The molecule has 0 spiro atoms. The summed E-state index contributed by atoms with van der Waals surface area (Å²) in [5, 5.41) is 10.0. The zero-order valence-corrected chi connectivity index (χ0v) is 20.4. The van der Waals surface area contributed by atoms with E-state index in [0.717, 1.165) is 94.1 Å². The van der Waals surface area contributed by atoms with Crippen molar-refractivity contribution < 1.29 is 19.4 Å². The average Bonchev–Trinajstić information content (AvgIpc) is 3.30. The van der Waals surface area contributed by atoms with Crippen molar-refractivity contribution in [2.75, 3.05) is 51.0 Å². The second kappa shape index (κ2) is 10.1. The highest BCUT2D eigenvalue weighted by Gasteiger charge is 2.30. The van der Waals surface area contributed by atoms with Gasteiger partial charge in [0, 0.05) is 50.6 Å². The third kappa shape index (κ3) is 4.47.